The van der Waals surface area contributed by atoms with Crippen molar-refractivity contribution in [1.82, 2.24) is 9.55 Å². The molecule has 26 heavy (non-hydrogen) atoms. The van der Waals surface area contributed by atoms with Crippen LogP contribution in [0.2, 0.25) is 0 Å². The van der Waals surface area contributed by atoms with Crippen LogP contribution in [0.1, 0.15) is 12.5 Å². The number of rotatable bonds is 3. The zero-order valence-electron chi connectivity index (χ0n) is 14.1. The van der Waals surface area contributed by atoms with E-state index in [0.29, 0.717) is 5.71 Å². The van der Waals surface area contributed by atoms with Gasteiger partial charge in [-0.1, -0.05) is 23.4 Å². The summed E-state index contributed by atoms with van der Waals surface area (Å²) in [6.45, 7) is 1.74. The van der Waals surface area contributed by atoms with Crippen LogP contribution in [0.5, 0.6) is 0 Å². The largest absolute Gasteiger partial charge is 0.619 e. The van der Waals surface area contributed by atoms with E-state index in [9.17, 15) is 5.21 Å². The first-order valence-corrected chi connectivity index (χ1v) is 8.11. The zero-order chi connectivity index (χ0) is 18.1. The molecule has 0 saturated heterocycles. The molecule has 0 atom stereocenters. The number of imidazole rings is 1. The first kappa shape index (κ1) is 15.8. The van der Waals surface area contributed by atoms with Crippen molar-refractivity contribution in [3.8, 4) is 16.8 Å². The lowest BCUT2D eigenvalue weighted by Gasteiger charge is -2.08. The van der Waals surface area contributed by atoms with Crippen LogP contribution >= 0.6 is 0 Å². The van der Waals surface area contributed by atoms with E-state index in [-0.39, 0.29) is 0 Å². The molecule has 0 aliphatic heterocycles. The van der Waals surface area contributed by atoms with Crippen molar-refractivity contribution in [2.24, 2.45) is 5.16 Å². The fourth-order valence-electron chi connectivity index (χ4n) is 2.96. The summed E-state index contributed by atoms with van der Waals surface area (Å²) in [4.78, 5) is 4.46. The van der Waals surface area contributed by atoms with Gasteiger partial charge in [0.15, 0.2) is 12.4 Å². The van der Waals surface area contributed by atoms with Gasteiger partial charge in [-0.2, -0.15) is 4.73 Å². The van der Waals surface area contributed by atoms with Crippen LogP contribution in [0.15, 0.2) is 78.5 Å². The van der Waals surface area contributed by atoms with Crippen molar-refractivity contribution in [2.45, 2.75) is 6.92 Å². The first-order valence-electron chi connectivity index (χ1n) is 8.11. The summed E-state index contributed by atoms with van der Waals surface area (Å²) in [5.41, 5.74) is 5.88. The van der Waals surface area contributed by atoms with Crippen molar-refractivity contribution in [1.29, 1.82) is 0 Å². The average Bonchev–Trinajstić information content (AvgIpc) is 3.10. The van der Waals surface area contributed by atoms with Crippen molar-refractivity contribution in [2.75, 3.05) is 0 Å². The fourth-order valence-corrected chi connectivity index (χ4v) is 2.96. The van der Waals surface area contributed by atoms with Crippen LogP contribution in [0.3, 0.4) is 0 Å². The second kappa shape index (κ2) is 6.33. The summed E-state index contributed by atoms with van der Waals surface area (Å²) < 4.78 is 2.78. The Morgan fingerprint density at radius 1 is 1.12 bits per heavy atom. The molecule has 1 N–H and O–H groups in total. The summed E-state index contributed by atoms with van der Waals surface area (Å²) >= 11 is 0. The number of benzene rings is 2. The van der Waals surface area contributed by atoms with E-state index in [1.807, 2.05) is 53.1 Å². The van der Waals surface area contributed by atoms with E-state index in [2.05, 4.69) is 10.1 Å². The van der Waals surface area contributed by atoms with Gasteiger partial charge in [0.2, 0.25) is 0 Å². The molecule has 0 aliphatic rings. The van der Waals surface area contributed by atoms with E-state index in [1.54, 1.807) is 25.5 Å². The Hall–Kier alpha value is -3.67. The van der Waals surface area contributed by atoms with Crippen LogP contribution in [0.25, 0.3) is 27.8 Å². The molecule has 128 valence electrons. The Bertz CT molecular complexity index is 1130. The van der Waals surface area contributed by atoms with Gasteiger partial charge in [-0.05, 0) is 42.8 Å². The number of hydrogen-bond donors (Lipinski definition) is 1. The number of pyridine rings is 1. The highest BCUT2D eigenvalue weighted by atomic mass is 16.5. The highest BCUT2D eigenvalue weighted by Crippen LogP contribution is 2.24. The molecule has 2 aromatic heterocycles. The normalized spacial score (nSPS) is 11.8. The molecule has 0 aliphatic carbocycles. The minimum Gasteiger partial charge on any atom is -0.619 e. The average molecular weight is 344 g/mol. The SMILES string of the molecule is CC(=NO)c1ccc2c(c1)ncn2-c1cccc(-c2ccc[n+]([O-])c2)c1. The molecule has 6 nitrogen and oxygen atoms in total. The Kier molecular flexibility index (Phi) is 3.85. The predicted octanol–water partition coefficient (Wildman–Crippen LogP) is 3.52. The third kappa shape index (κ3) is 2.77. The van der Waals surface area contributed by atoms with E-state index in [4.69, 9.17) is 5.21 Å². The molecule has 6 heteroatoms. The minimum absolute atomic E-state index is 0.540. The summed E-state index contributed by atoms with van der Waals surface area (Å²) in [6.07, 6.45) is 4.78. The minimum atomic E-state index is 0.540. The molecular weight excluding hydrogens is 328 g/mol. The number of aromatic nitrogens is 3. The maximum Gasteiger partial charge on any atom is 0.188 e. The molecule has 0 spiro atoms. The van der Waals surface area contributed by atoms with Crippen LogP contribution in [0, 0.1) is 5.21 Å². The van der Waals surface area contributed by atoms with Gasteiger partial charge in [-0.25, -0.2) is 4.98 Å². The van der Waals surface area contributed by atoms with E-state index in [1.165, 1.54) is 6.20 Å². The lowest BCUT2D eigenvalue weighted by Crippen LogP contribution is -2.23. The topological polar surface area (TPSA) is 77.4 Å². The van der Waals surface area contributed by atoms with E-state index in [0.717, 1.165) is 38.1 Å². The molecule has 4 aromatic rings. The first-order chi connectivity index (χ1) is 12.7. The standard InChI is InChI=1S/C20H16N4O2/c1-14(22-25)15-7-8-20-19(11-15)21-13-24(20)18-6-2-4-16(10-18)17-5-3-9-23(26)12-17/h2-13,25H,1H3. The maximum absolute atomic E-state index is 11.5. The van der Waals surface area contributed by atoms with Crippen molar-refractivity contribution in [3.63, 3.8) is 0 Å². The maximum atomic E-state index is 11.5. The Balaban J connectivity index is 1.80. The Morgan fingerprint density at radius 3 is 2.77 bits per heavy atom. The van der Waals surface area contributed by atoms with Gasteiger partial charge in [0.05, 0.1) is 16.7 Å². The lowest BCUT2D eigenvalue weighted by molar-refractivity contribution is -0.604. The van der Waals surface area contributed by atoms with E-state index < -0.39 is 0 Å². The second-order valence-corrected chi connectivity index (χ2v) is 6.01. The smallest absolute Gasteiger partial charge is 0.188 e. The molecule has 0 unspecified atom stereocenters. The molecular formula is C20H16N4O2. The molecule has 0 saturated carbocycles. The highest BCUT2D eigenvalue weighted by molar-refractivity contribution is 6.00. The summed E-state index contributed by atoms with van der Waals surface area (Å²) in [7, 11) is 0. The number of oxime groups is 1. The monoisotopic (exact) mass is 344 g/mol. The van der Waals surface area contributed by atoms with Crippen molar-refractivity contribution >= 4 is 16.7 Å². The second-order valence-electron chi connectivity index (χ2n) is 6.01. The quantitative estimate of drug-likeness (QED) is 0.203. The lowest BCUT2D eigenvalue weighted by atomic mass is 10.1. The van der Waals surface area contributed by atoms with Gasteiger partial charge in [0.1, 0.15) is 6.33 Å². The van der Waals surface area contributed by atoms with Crippen molar-refractivity contribution in [3.05, 3.63) is 84.1 Å². The molecule has 0 bridgehead atoms. The van der Waals surface area contributed by atoms with Gasteiger partial charge < -0.3 is 10.4 Å². The van der Waals surface area contributed by atoms with Crippen molar-refractivity contribution < 1.29 is 9.94 Å². The Labute approximate surface area is 149 Å². The Morgan fingerprint density at radius 2 is 1.96 bits per heavy atom. The summed E-state index contributed by atoms with van der Waals surface area (Å²) in [5, 5.41) is 23.7. The third-order valence-corrected chi connectivity index (χ3v) is 4.35. The fraction of sp³-hybridized carbons (Fsp3) is 0.0500. The van der Waals surface area contributed by atoms with Crippen LogP contribution < -0.4 is 4.73 Å². The predicted molar refractivity (Wildman–Crippen MR) is 99.5 cm³/mol. The zero-order valence-corrected chi connectivity index (χ0v) is 14.1. The van der Waals surface area contributed by atoms with Gasteiger partial charge in [-0.3, -0.25) is 4.57 Å². The van der Waals surface area contributed by atoms with Crippen LogP contribution in [-0.4, -0.2) is 20.5 Å². The number of hydrogen-bond acceptors (Lipinski definition) is 4. The molecule has 0 radical (unpaired) electrons. The molecule has 0 amide bonds. The molecule has 2 aromatic carbocycles. The third-order valence-electron chi connectivity index (χ3n) is 4.35. The molecule has 0 fully saturated rings. The summed E-state index contributed by atoms with van der Waals surface area (Å²) in [5.74, 6) is 0. The van der Waals surface area contributed by atoms with E-state index >= 15 is 0 Å². The highest BCUT2D eigenvalue weighted by Gasteiger charge is 2.09. The van der Waals surface area contributed by atoms with Gasteiger partial charge in [-0.15, -0.1) is 0 Å². The van der Waals surface area contributed by atoms with Gasteiger partial charge >= 0.3 is 0 Å². The van der Waals surface area contributed by atoms with Gasteiger partial charge in [0.25, 0.3) is 0 Å². The molecule has 2 heterocycles. The van der Waals surface area contributed by atoms with Gasteiger partial charge in [0, 0.05) is 22.9 Å². The summed E-state index contributed by atoms with van der Waals surface area (Å²) in [6, 6.07) is 17.3. The molecule has 4 rings (SSSR count). The number of fused-ring (bicyclic) bond motifs is 1. The number of nitrogens with zero attached hydrogens (tertiary/aromatic N) is 4. The van der Waals surface area contributed by atoms with Crippen LogP contribution in [0.4, 0.5) is 0 Å². The van der Waals surface area contributed by atoms with Crippen LogP contribution in [-0.2, 0) is 0 Å².